The number of rotatable bonds is 7. The Morgan fingerprint density at radius 3 is 2.53 bits per heavy atom. The number of alkyl carbamates (subject to hydrolysis) is 1. The Morgan fingerprint density at radius 2 is 1.78 bits per heavy atom. The number of benzene rings is 3. The minimum Gasteiger partial charge on any atom is -0.480 e. The molecular formula is C25H20FNO5. The standard InChI is InChI=1S/C25H20FNO5/c26-20-8-4-5-16(11-20)12-22(24(28)29)27-25(30)31-15-21-14-19-13-18(9-10-23(19)32-21)17-6-2-1-3-7-17/h1-11,13-14,22H,12,15H2,(H,27,30)(H,28,29)/t22-/m1/s1. The molecule has 1 amide bonds. The van der Waals surface area contributed by atoms with Gasteiger partial charge in [0.25, 0.3) is 0 Å². The quantitative estimate of drug-likeness (QED) is 0.420. The van der Waals surface area contributed by atoms with E-state index < -0.39 is 23.9 Å². The predicted molar refractivity (Wildman–Crippen MR) is 116 cm³/mol. The molecule has 2 N–H and O–H groups in total. The summed E-state index contributed by atoms with van der Waals surface area (Å²) in [6.45, 7) is -0.159. The Bertz CT molecular complexity index is 1250. The molecule has 0 radical (unpaired) electrons. The van der Waals surface area contributed by atoms with Crippen molar-refractivity contribution in [2.24, 2.45) is 0 Å². The highest BCUT2D eigenvalue weighted by molar-refractivity contribution is 5.84. The normalized spacial score (nSPS) is 11.8. The van der Waals surface area contributed by atoms with Gasteiger partial charge in [-0.2, -0.15) is 0 Å². The van der Waals surface area contributed by atoms with E-state index in [1.54, 1.807) is 12.1 Å². The number of hydrogen-bond donors (Lipinski definition) is 2. The third-order valence-corrected chi connectivity index (χ3v) is 4.94. The lowest BCUT2D eigenvalue weighted by Gasteiger charge is -2.14. The highest BCUT2D eigenvalue weighted by Crippen LogP contribution is 2.27. The van der Waals surface area contributed by atoms with Crippen LogP contribution in [0.5, 0.6) is 0 Å². The van der Waals surface area contributed by atoms with E-state index in [-0.39, 0.29) is 13.0 Å². The molecular weight excluding hydrogens is 413 g/mol. The molecule has 6 nitrogen and oxygen atoms in total. The van der Waals surface area contributed by atoms with Crippen LogP contribution in [0.15, 0.2) is 83.3 Å². The second-order valence-corrected chi connectivity index (χ2v) is 7.28. The average molecular weight is 433 g/mol. The minimum atomic E-state index is -1.26. The van der Waals surface area contributed by atoms with Crippen LogP contribution in [0, 0.1) is 5.82 Å². The van der Waals surface area contributed by atoms with Crippen LogP contribution >= 0.6 is 0 Å². The fourth-order valence-corrected chi connectivity index (χ4v) is 3.40. The number of carboxylic acids is 1. The number of fused-ring (bicyclic) bond motifs is 1. The van der Waals surface area contributed by atoms with Crippen LogP contribution in [-0.2, 0) is 22.6 Å². The van der Waals surface area contributed by atoms with Gasteiger partial charge in [-0.1, -0.05) is 48.5 Å². The zero-order chi connectivity index (χ0) is 22.5. The van der Waals surface area contributed by atoms with Crippen molar-refractivity contribution in [1.82, 2.24) is 5.32 Å². The van der Waals surface area contributed by atoms with Gasteiger partial charge in [-0.25, -0.2) is 14.0 Å². The summed E-state index contributed by atoms with van der Waals surface area (Å²) >= 11 is 0. The second-order valence-electron chi connectivity index (χ2n) is 7.28. The van der Waals surface area contributed by atoms with Crippen molar-refractivity contribution in [2.45, 2.75) is 19.1 Å². The van der Waals surface area contributed by atoms with Gasteiger partial charge in [0, 0.05) is 11.8 Å². The fourth-order valence-electron chi connectivity index (χ4n) is 3.40. The third kappa shape index (κ3) is 5.13. The van der Waals surface area contributed by atoms with Crippen LogP contribution in [0.25, 0.3) is 22.1 Å². The van der Waals surface area contributed by atoms with Crippen LogP contribution < -0.4 is 5.32 Å². The van der Waals surface area contributed by atoms with Crippen molar-refractivity contribution >= 4 is 23.0 Å². The summed E-state index contributed by atoms with van der Waals surface area (Å²) in [4.78, 5) is 23.6. The first-order valence-electron chi connectivity index (χ1n) is 9.96. The molecule has 0 aliphatic carbocycles. The van der Waals surface area contributed by atoms with E-state index in [0.717, 1.165) is 16.5 Å². The molecule has 32 heavy (non-hydrogen) atoms. The molecule has 7 heteroatoms. The van der Waals surface area contributed by atoms with Gasteiger partial charge in [0.1, 0.15) is 23.2 Å². The summed E-state index contributed by atoms with van der Waals surface area (Å²) in [5.74, 6) is -1.30. The predicted octanol–water partition coefficient (Wildman–Crippen LogP) is 5.16. The van der Waals surface area contributed by atoms with Gasteiger partial charge in [-0.05, 0) is 47.0 Å². The van der Waals surface area contributed by atoms with E-state index in [9.17, 15) is 19.1 Å². The van der Waals surface area contributed by atoms with E-state index in [2.05, 4.69) is 5.32 Å². The summed E-state index contributed by atoms with van der Waals surface area (Å²) in [7, 11) is 0. The van der Waals surface area contributed by atoms with Crippen LogP contribution in [-0.4, -0.2) is 23.2 Å². The molecule has 1 atom stereocenters. The number of carbonyl (C=O) groups excluding carboxylic acids is 1. The zero-order valence-electron chi connectivity index (χ0n) is 17.0. The summed E-state index contributed by atoms with van der Waals surface area (Å²) in [5, 5.41) is 12.5. The molecule has 1 aromatic heterocycles. The maximum Gasteiger partial charge on any atom is 0.408 e. The zero-order valence-corrected chi connectivity index (χ0v) is 17.0. The van der Waals surface area contributed by atoms with E-state index >= 15 is 0 Å². The molecule has 4 rings (SSSR count). The molecule has 0 fully saturated rings. The lowest BCUT2D eigenvalue weighted by Crippen LogP contribution is -2.42. The molecule has 0 bridgehead atoms. The van der Waals surface area contributed by atoms with Crippen LogP contribution in [0.2, 0.25) is 0 Å². The van der Waals surface area contributed by atoms with Gasteiger partial charge in [-0.15, -0.1) is 0 Å². The lowest BCUT2D eigenvalue weighted by molar-refractivity contribution is -0.139. The number of ether oxygens (including phenoxy) is 1. The minimum absolute atomic E-state index is 0.0743. The van der Waals surface area contributed by atoms with Gasteiger partial charge in [0.15, 0.2) is 6.61 Å². The third-order valence-electron chi connectivity index (χ3n) is 4.94. The summed E-state index contributed by atoms with van der Waals surface area (Å²) in [6.07, 6.45) is -0.978. The van der Waals surface area contributed by atoms with Crippen LogP contribution in [0.4, 0.5) is 9.18 Å². The molecule has 0 spiro atoms. The molecule has 162 valence electrons. The molecule has 0 aliphatic rings. The fraction of sp³-hybridized carbons (Fsp3) is 0.120. The van der Waals surface area contributed by atoms with Crippen molar-refractivity contribution in [3.05, 3.63) is 96.0 Å². The number of furan rings is 1. The molecule has 1 heterocycles. The van der Waals surface area contributed by atoms with Crippen molar-refractivity contribution in [3.63, 3.8) is 0 Å². The largest absolute Gasteiger partial charge is 0.480 e. The number of amides is 1. The molecule has 0 saturated heterocycles. The number of halogens is 1. The number of hydrogen-bond acceptors (Lipinski definition) is 4. The molecule has 0 aliphatic heterocycles. The summed E-state index contributed by atoms with van der Waals surface area (Å²) < 4.78 is 24.2. The number of nitrogens with one attached hydrogen (secondary N) is 1. The lowest BCUT2D eigenvalue weighted by atomic mass is 10.0. The Kier molecular flexibility index (Phi) is 6.17. The van der Waals surface area contributed by atoms with Gasteiger partial charge in [-0.3, -0.25) is 0 Å². The SMILES string of the molecule is O=C(N[C@H](Cc1cccc(F)c1)C(=O)O)OCc1cc2cc(-c3ccccc3)ccc2o1. The molecule has 3 aromatic carbocycles. The number of carboxylic acid groups (broad SMARTS) is 1. The number of carbonyl (C=O) groups is 2. The maximum atomic E-state index is 13.3. The topological polar surface area (TPSA) is 88.8 Å². The van der Waals surface area contributed by atoms with Crippen LogP contribution in [0.3, 0.4) is 0 Å². The summed E-state index contributed by atoms with van der Waals surface area (Å²) in [6, 6.07) is 21.8. The first-order valence-corrected chi connectivity index (χ1v) is 9.96. The first kappa shape index (κ1) is 21.1. The Hall–Kier alpha value is -4.13. The van der Waals surface area contributed by atoms with Crippen molar-refractivity contribution < 1.29 is 28.2 Å². The van der Waals surface area contributed by atoms with Crippen molar-refractivity contribution in [2.75, 3.05) is 0 Å². The van der Waals surface area contributed by atoms with E-state index in [4.69, 9.17) is 9.15 Å². The highest BCUT2D eigenvalue weighted by atomic mass is 19.1. The Morgan fingerprint density at radius 1 is 0.969 bits per heavy atom. The smallest absolute Gasteiger partial charge is 0.408 e. The van der Waals surface area contributed by atoms with Gasteiger partial charge in [0.2, 0.25) is 0 Å². The molecule has 4 aromatic rings. The van der Waals surface area contributed by atoms with Crippen molar-refractivity contribution in [3.8, 4) is 11.1 Å². The molecule has 0 unspecified atom stereocenters. The van der Waals surface area contributed by atoms with E-state index in [0.29, 0.717) is 16.9 Å². The average Bonchev–Trinajstić information content (AvgIpc) is 3.20. The summed E-state index contributed by atoms with van der Waals surface area (Å²) in [5.41, 5.74) is 3.21. The second kappa shape index (κ2) is 9.34. The molecule has 0 saturated carbocycles. The van der Waals surface area contributed by atoms with E-state index in [1.807, 2.05) is 48.5 Å². The number of aliphatic carboxylic acids is 1. The Balaban J connectivity index is 1.38. The maximum absolute atomic E-state index is 13.3. The van der Waals surface area contributed by atoms with Gasteiger partial charge >= 0.3 is 12.1 Å². The van der Waals surface area contributed by atoms with Crippen molar-refractivity contribution in [1.29, 1.82) is 0 Å². The Labute approximate surface area is 183 Å². The highest BCUT2D eigenvalue weighted by Gasteiger charge is 2.21. The van der Waals surface area contributed by atoms with E-state index in [1.165, 1.54) is 18.2 Å². The van der Waals surface area contributed by atoms with Crippen LogP contribution in [0.1, 0.15) is 11.3 Å². The monoisotopic (exact) mass is 433 g/mol. The first-order chi connectivity index (χ1) is 15.5. The van der Waals surface area contributed by atoms with Gasteiger partial charge in [0.05, 0.1) is 0 Å². The van der Waals surface area contributed by atoms with Gasteiger partial charge < -0.3 is 19.6 Å².